The number of hydrogen-bond acceptors (Lipinski definition) is 5. The Morgan fingerprint density at radius 1 is 1.14 bits per heavy atom. The molecule has 0 fully saturated rings. The monoisotopic (exact) mass is 290 g/mol. The molecule has 2 rings (SSSR count). The van der Waals surface area contributed by atoms with Crippen molar-refractivity contribution in [2.24, 2.45) is 0 Å². The Kier molecular flexibility index (Phi) is 5.22. The van der Waals surface area contributed by atoms with Gasteiger partial charge in [-0.05, 0) is 12.1 Å². The number of nitrogens with one attached hydrogen (secondary N) is 1. The molecule has 0 aliphatic carbocycles. The second-order valence-electron chi connectivity index (χ2n) is 5.08. The molecule has 0 amide bonds. The third-order valence-electron chi connectivity index (χ3n) is 3.08. The molecule has 0 spiro atoms. The van der Waals surface area contributed by atoms with E-state index < -0.39 is 0 Å². The first kappa shape index (κ1) is 15.4. The topological polar surface area (TPSA) is 56.5 Å². The number of ether oxygens (including phenoxy) is 2. The first-order valence-electron chi connectivity index (χ1n) is 7.04. The zero-order chi connectivity index (χ0) is 15.2. The smallest absolute Gasteiger partial charge is 0.196 e. The predicted octanol–water partition coefficient (Wildman–Crippen LogP) is 2.90. The number of rotatable bonds is 7. The quantitative estimate of drug-likeness (QED) is 0.849. The van der Waals surface area contributed by atoms with Gasteiger partial charge in [0.05, 0.1) is 20.4 Å². The number of benzene rings is 1. The largest absolute Gasteiger partial charge is 0.497 e. The summed E-state index contributed by atoms with van der Waals surface area (Å²) in [5.74, 6) is 2.89. The van der Waals surface area contributed by atoms with Gasteiger partial charge < -0.3 is 19.2 Å². The Bertz CT molecular complexity index is 556. The van der Waals surface area contributed by atoms with Crippen molar-refractivity contribution in [1.29, 1.82) is 0 Å². The second-order valence-corrected chi connectivity index (χ2v) is 5.08. The molecule has 1 N–H and O–H groups in total. The molecule has 0 saturated carbocycles. The summed E-state index contributed by atoms with van der Waals surface area (Å²) in [7, 11) is 3.25. The summed E-state index contributed by atoms with van der Waals surface area (Å²) in [6.45, 7) is 5.08. The maximum atomic E-state index is 5.79. The average molecular weight is 290 g/mol. The molecule has 0 aliphatic rings. The van der Waals surface area contributed by atoms with Crippen LogP contribution in [-0.4, -0.2) is 31.8 Å². The van der Waals surface area contributed by atoms with Gasteiger partial charge in [0, 0.05) is 30.6 Å². The lowest BCUT2D eigenvalue weighted by atomic mass is 10.1. The molecule has 0 bridgehead atoms. The van der Waals surface area contributed by atoms with Crippen molar-refractivity contribution < 1.29 is 13.9 Å². The van der Waals surface area contributed by atoms with E-state index in [0.717, 1.165) is 35.9 Å². The lowest BCUT2D eigenvalue weighted by molar-refractivity contribution is 0.394. The van der Waals surface area contributed by atoms with Gasteiger partial charge in [0.1, 0.15) is 11.5 Å². The van der Waals surface area contributed by atoms with Crippen LogP contribution in [0.4, 0.5) is 0 Å². The minimum absolute atomic E-state index is 0.460. The van der Waals surface area contributed by atoms with Gasteiger partial charge in [-0.2, -0.15) is 0 Å². The van der Waals surface area contributed by atoms with Crippen molar-refractivity contribution in [1.82, 2.24) is 10.3 Å². The van der Waals surface area contributed by atoms with Crippen LogP contribution in [-0.2, 0) is 6.42 Å². The van der Waals surface area contributed by atoms with Gasteiger partial charge in [-0.25, -0.2) is 4.98 Å². The molecule has 114 valence electrons. The van der Waals surface area contributed by atoms with Gasteiger partial charge in [-0.3, -0.25) is 0 Å². The summed E-state index contributed by atoms with van der Waals surface area (Å²) >= 11 is 0. The van der Waals surface area contributed by atoms with Crippen molar-refractivity contribution in [3.63, 3.8) is 0 Å². The van der Waals surface area contributed by atoms with Gasteiger partial charge in [-0.1, -0.05) is 13.8 Å². The fraction of sp³-hybridized carbons (Fsp3) is 0.438. The van der Waals surface area contributed by atoms with Crippen LogP contribution in [0.25, 0.3) is 11.3 Å². The normalized spacial score (nSPS) is 10.9. The highest BCUT2D eigenvalue weighted by Crippen LogP contribution is 2.30. The third kappa shape index (κ3) is 4.23. The van der Waals surface area contributed by atoms with Crippen molar-refractivity contribution >= 4 is 0 Å². The van der Waals surface area contributed by atoms with Crippen LogP contribution in [0, 0.1) is 0 Å². The SMILES string of the molecule is COc1cc(OC)cc(-c2cnc(CCNC(C)C)o2)c1. The molecule has 1 aromatic carbocycles. The zero-order valence-corrected chi connectivity index (χ0v) is 13.0. The van der Waals surface area contributed by atoms with Crippen molar-refractivity contribution in [3.8, 4) is 22.8 Å². The van der Waals surface area contributed by atoms with Crippen LogP contribution in [0.1, 0.15) is 19.7 Å². The molecule has 5 nitrogen and oxygen atoms in total. The highest BCUT2D eigenvalue weighted by atomic mass is 16.5. The summed E-state index contributed by atoms with van der Waals surface area (Å²) in [5, 5.41) is 3.34. The summed E-state index contributed by atoms with van der Waals surface area (Å²) in [6, 6.07) is 6.09. The van der Waals surface area contributed by atoms with Gasteiger partial charge in [0.25, 0.3) is 0 Å². The minimum atomic E-state index is 0.460. The predicted molar refractivity (Wildman–Crippen MR) is 81.9 cm³/mol. The standard InChI is InChI=1S/C16H22N2O3/c1-11(2)17-6-5-16-18-10-15(21-16)12-7-13(19-3)9-14(8-12)20-4/h7-11,17H,5-6H2,1-4H3. The highest BCUT2D eigenvalue weighted by molar-refractivity contribution is 5.61. The number of oxazole rings is 1. The molecule has 5 heteroatoms. The van der Waals surface area contributed by atoms with Crippen LogP contribution in [0.5, 0.6) is 11.5 Å². The lowest BCUT2D eigenvalue weighted by Crippen LogP contribution is -2.24. The van der Waals surface area contributed by atoms with E-state index in [1.807, 2.05) is 18.2 Å². The van der Waals surface area contributed by atoms with Crippen LogP contribution >= 0.6 is 0 Å². The Morgan fingerprint density at radius 3 is 2.38 bits per heavy atom. The molecule has 0 aliphatic heterocycles. The van der Waals surface area contributed by atoms with E-state index in [1.54, 1.807) is 20.4 Å². The Labute approximate surface area is 125 Å². The molecule has 1 heterocycles. The van der Waals surface area contributed by atoms with Crippen LogP contribution in [0.15, 0.2) is 28.8 Å². The first-order chi connectivity index (χ1) is 10.1. The van der Waals surface area contributed by atoms with Crippen molar-refractivity contribution in [3.05, 3.63) is 30.3 Å². The molecular formula is C16H22N2O3. The van der Waals surface area contributed by atoms with Gasteiger partial charge >= 0.3 is 0 Å². The second kappa shape index (κ2) is 7.13. The molecule has 0 saturated heterocycles. The maximum absolute atomic E-state index is 5.79. The van der Waals surface area contributed by atoms with Crippen LogP contribution < -0.4 is 14.8 Å². The average Bonchev–Trinajstić information content (AvgIpc) is 2.95. The fourth-order valence-electron chi connectivity index (χ4n) is 1.98. The highest BCUT2D eigenvalue weighted by Gasteiger charge is 2.10. The molecular weight excluding hydrogens is 268 g/mol. The van der Waals surface area contributed by atoms with Gasteiger partial charge in [0.2, 0.25) is 0 Å². The van der Waals surface area contributed by atoms with Crippen molar-refractivity contribution in [2.45, 2.75) is 26.3 Å². The van der Waals surface area contributed by atoms with E-state index in [0.29, 0.717) is 11.8 Å². The molecule has 0 atom stereocenters. The Balaban J connectivity index is 2.13. The maximum Gasteiger partial charge on any atom is 0.196 e. The van der Waals surface area contributed by atoms with E-state index in [2.05, 4.69) is 24.1 Å². The van der Waals surface area contributed by atoms with E-state index in [9.17, 15) is 0 Å². The van der Waals surface area contributed by atoms with E-state index in [-0.39, 0.29) is 0 Å². The third-order valence-corrected chi connectivity index (χ3v) is 3.08. The van der Waals surface area contributed by atoms with Crippen LogP contribution in [0.3, 0.4) is 0 Å². The first-order valence-corrected chi connectivity index (χ1v) is 7.04. The Morgan fingerprint density at radius 2 is 1.81 bits per heavy atom. The number of hydrogen-bond donors (Lipinski definition) is 1. The number of nitrogens with zero attached hydrogens (tertiary/aromatic N) is 1. The Hall–Kier alpha value is -2.01. The summed E-state index contributed by atoms with van der Waals surface area (Å²) in [5.41, 5.74) is 0.891. The summed E-state index contributed by atoms with van der Waals surface area (Å²) in [6.07, 6.45) is 2.50. The summed E-state index contributed by atoms with van der Waals surface area (Å²) < 4.78 is 16.3. The molecule has 2 aromatic rings. The summed E-state index contributed by atoms with van der Waals surface area (Å²) in [4.78, 5) is 4.31. The zero-order valence-electron chi connectivity index (χ0n) is 13.0. The van der Waals surface area contributed by atoms with Crippen molar-refractivity contribution in [2.75, 3.05) is 20.8 Å². The molecule has 1 aromatic heterocycles. The van der Waals surface area contributed by atoms with Gasteiger partial charge in [-0.15, -0.1) is 0 Å². The lowest BCUT2D eigenvalue weighted by Gasteiger charge is -2.07. The minimum Gasteiger partial charge on any atom is -0.497 e. The van der Waals surface area contributed by atoms with E-state index in [1.165, 1.54) is 0 Å². The fourth-order valence-corrected chi connectivity index (χ4v) is 1.98. The molecule has 0 radical (unpaired) electrons. The van der Waals surface area contributed by atoms with E-state index >= 15 is 0 Å². The molecule has 21 heavy (non-hydrogen) atoms. The van der Waals surface area contributed by atoms with E-state index in [4.69, 9.17) is 13.9 Å². The van der Waals surface area contributed by atoms with Gasteiger partial charge in [0.15, 0.2) is 11.7 Å². The molecule has 0 unspecified atom stereocenters. The number of aromatic nitrogens is 1. The van der Waals surface area contributed by atoms with Crippen LogP contribution in [0.2, 0.25) is 0 Å². The number of methoxy groups -OCH3 is 2.